The van der Waals surface area contributed by atoms with Gasteiger partial charge in [0, 0.05) is 19.2 Å². The molecule has 0 saturated carbocycles. The molecule has 0 saturated heterocycles. The van der Waals surface area contributed by atoms with E-state index in [1.807, 2.05) is 0 Å². The van der Waals surface area contributed by atoms with Crippen LogP contribution in [0.3, 0.4) is 0 Å². The highest BCUT2D eigenvalue weighted by molar-refractivity contribution is 5.15. The maximum atomic E-state index is 5.23. The average Bonchev–Trinajstić information content (AvgIpc) is 2.38. The fraction of sp³-hybridized carbons (Fsp3) is 0.600. The Balaban J connectivity index is 2.48. The van der Waals surface area contributed by atoms with Gasteiger partial charge in [-0.1, -0.05) is 44.2 Å². The van der Waals surface area contributed by atoms with Gasteiger partial charge in [-0.25, -0.2) is 0 Å². The highest BCUT2D eigenvalue weighted by Gasteiger charge is 2.12. The number of ether oxygens (including phenoxy) is 1. The molecule has 2 unspecified atom stereocenters. The first kappa shape index (κ1) is 14.2. The molecule has 2 nitrogen and oxygen atoms in total. The Morgan fingerprint density at radius 2 is 1.71 bits per heavy atom. The maximum absolute atomic E-state index is 5.23. The van der Waals surface area contributed by atoms with Gasteiger partial charge in [-0.05, 0) is 24.8 Å². The average molecular weight is 235 g/mol. The summed E-state index contributed by atoms with van der Waals surface area (Å²) in [5, 5.41) is 3.68. The standard InChI is InChI=1S/C15H25NO/c1-4-14(16-15(5-2)12-17-3)11-13-9-7-6-8-10-13/h6-10,14-16H,4-5,11-12H2,1-3H3. The Kier molecular flexibility index (Phi) is 6.90. The quantitative estimate of drug-likeness (QED) is 0.748. The van der Waals surface area contributed by atoms with Gasteiger partial charge in [-0.2, -0.15) is 0 Å². The van der Waals surface area contributed by atoms with Crippen molar-refractivity contribution in [3.05, 3.63) is 35.9 Å². The second-order valence-corrected chi connectivity index (χ2v) is 4.52. The van der Waals surface area contributed by atoms with Crippen LogP contribution in [0.25, 0.3) is 0 Å². The molecule has 0 aliphatic rings. The lowest BCUT2D eigenvalue weighted by molar-refractivity contribution is 0.157. The van der Waals surface area contributed by atoms with Crippen molar-refractivity contribution in [2.75, 3.05) is 13.7 Å². The van der Waals surface area contributed by atoms with Gasteiger partial charge < -0.3 is 10.1 Å². The topological polar surface area (TPSA) is 21.3 Å². The molecule has 0 aliphatic heterocycles. The lowest BCUT2D eigenvalue weighted by atomic mass is 10.0. The molecule has 0 heterocycles. The molecule has 0 spiro atoms. The van der Waals surface area contributed by atoms with E-state index in [9.17, 15) is 0 Å². The fourth-order valence-electron chi connectivity index (χ4n) is 2.04. The molecule has 1 N–H and O–H groups in total. The van der Waals surface area contributed by atoms with E-state index in [1.165, 1.54) is 5.56 Å². The van der Waals surface area contributed by atoms with Crippen molar-refractivity contribution in [2.24, 2.45) is 0 Å². The van der Waals surface area contributed by atoms with E-state index in [2.05, 4.69) is 49.5 Å². The number of hydrogen-bond acceptors (Lipinski definition) is 2. The van der Waals surface area contributed by atoms with Crippen LogP contribution in [0.2, 0.25) is 0 Å². The largest absolute Gasteiger partial charge is 0.383 e. The molecule has 0 aromatic heterocycles. The molecule has 2 atom stereocenters. The highest BCUT2D eigenvalue weighted by Crippen LogP contribution is 2.07. The summed E-state index contributed by atoms with van der Waals surface area (Å²) in [6, 6.07) is 11.7. The van der Waals surface area contributed by atoms with Crippen LogP contribution in [0.1, 0.15) is 32.3 Å². The minimum atomic E-state index is 0.466. The normalized spacial score (nSPS) is 14.5. The van der Waals surface area contributed by atoms with Gasteiger partial charge in [0.2, 0.25) is 0 Å². The molecule has 0 amide bonds. The SMILES string of the molecule is CCC(COC)NC(CC)Cc1ccccc1. The molecule has 1 aromatic rings. The van der Waals surface area contributed by atoms with Crippen molar-refractivity contribution < 1.29 is 4.74 Å². The van der Waals surface area contributed by atoms with Crippen LogP contribution in [0.15, 0.2) is 30.3 Å². The summed E-state index contributed by atoms with van der Waals surface area (Å²) in [7, 11) is 1.77. The monoisotopic (exact) mass is 235 g/mol. The molecule has 17 heavy (non-hydrogen) atoms. The highest BCUT2D eigenvalue weighted by atomic mass is 16.5. The van der Waals surface area contributed by atoms with E-state index < -0.39 is 0 Å². The first-order valence-electron chi connectivity index (χ1n) is 6.59. The zero-order valence-corrected chi connectivity index (χ0v) is 11.3. The number of nitrogens with one attached hydrogen (secondary N) is 1. The molecule has 1 rings (SSSR count). The Morgan fingerprint density at radius 3 is 2.24 bits per heavy atom. The van der Waals surface area contributed by atoms with E-state index in [4.69, 9.17) is 4.74 Å². The molecule has 0 aliphatic carbocycles. The smallest absolute Gasteiger partial charge is 0.0615 e. The van der Waals surface area contributed by atoms with Crippen LogP contribution in [-0.2, 0) is 11.2 Å². The molecular formula is C15H25NO. The third kappa shape index (κ3) is 5.33. The summed E-state index contributed by atoms with van der Waals surface area (Å²) < 4.78 is 5.23. The predicted octanol–water partition coefficient (Wildman–Crippen LogP) is 3.02. The van der Waals surface area contributed by atoms with E-state index in [0.717, 1.165) is 25.9 Å². The molecule has 2 heteroatoms. The Bertz CT molecular complexity index is 286. The van der Waals surface area contributed by atoms with Gasteiger partial charge in [0.25, 0.3) is 0 Å². The number of rotatable bonds is 8. The van der Waals surface area contributed by atoms with Gasteiger partial charge in [0.15, 0.2) is 0 Å². The van der Waals surface area contributed by atoms with Crippen LogP contribution < -0.4 is 5.32 Å². The van der Waals surface area contributed by atoms with Crippen LogP contribution >= 0.6 is 0 Å². The first-order chi connectivity index (χ1) is 8.30. The summed E-state index contributed by atoms with van der Waals surface area (Å²) in [5.74, 6) is 0. The molecule has 0 fully saturated rings. The summed E-state index contributed by atoms with van der Waals surface area (Å²) in [6.07, 6.45) is 3.35. The van der Waals surface area contributed by atoms with E-state index >= 15 is 0 Å². The lowest BCUT2D eigenvalue weighted by Crippen LogP contribution is -2.41. The van der Waals surface area contributed by atoms with Gasteiger partial charge in [-0.15, -0.1) is 0 Å². The lowest BCUT2D eigenvalue weighted by Gasteiger charge is -2.23. The van der Waals surface area contributed by atoms with Gasteiger partial charge >= 0.3 is 0 Å². The van der Waals surface area contributed by atoms with Crippen molar-refractivity contribution in [3.8, 4) is 0 Å². The fourth-order valence-corrected chi connectivity index (χ4v) is 2.04. The van der Waals surface area contributed by atoms with Crippen LogP contribution in [-0.4, -0.2) is 25.8 Å². The van der Waals surface area contributed by atoms with Crippen molar-refractivity contribution in [1.29, 1.82) is 0 Å². The Morgan fingerprint density at radius 1 is 1.06 bits per heavy atom. The van der Waals surface area contributed by atoms with Crippen molar-refractivity contribution in [1.82, 2.24) is 5.32 Å². The third-order valence-corrected chi connectivity index (χ3v) is 3.15. The van der Waals surface area contributed by atoms with Gasteiger partial charge in [0.05, 0.1) is 6.61 Å². The zero-order valence-electron chi connectivity index (χ0n) is 11.3. The van der Waals surface area contributed by atoms with Gasteiger partial charge in [0.1, 0.15) is 0 Å². The summed E-state index contributed by atoms with van der Waals surface area (Å²) in [6.45, 7) is 5.23. The Hall–Kier alpha value is -0.860. The molecule has 96 valence electrons. The Labute approximate surface area is 105 Å². The summed E-state index contributed by atoms with van der Waals surface area (Å²) >= 11 is 0. The maximum Gasteiger partial charge on any atom is 0.0615 e. The van der Waals surface area contributed by atoms with Crippen molar-refractivity contribution in [3.63, 3.8) is 0 Å². The third-order valence-electron chi connectivity index (χ3n) is 3.15. The molecule has 0 radical (unpaired) electrons. The van der Waals surface area contributed by atoms with Crippen LogP contribution in [0.5, 0.6) is 0 Å². The number of benzene rings is 1. The number of hydrogen-bond donors (Lipinski definition) is 1. The zero-order chi connectivity index (χ0) is 12.5. The van der Waals surface area contributed by atoms with Gasteiger partial charge in [-0.3, -0.25) is 0 Å². The second-order valence-electron chi connectivity index (χ2n) is 4.52. The first-order valence-corrected chi connectivity index (χ1v) is 6.59. The molecule has 1 aromatic carbocycles. The van der Waals surface area contributed by atoms with E-state index in [1.54, 1.807) is 7.11 Å². The second kappa shape index (κ2) is 8.26. The summed E-state index contributed by atoms with van der Waals surface area (Å²) in [4.78, 5) is 0. The minimum absolute atomic E-state index is 0.466. The van der Waals surface area contributed by atoms with Crippen molar-refractivity contribution in [2.45, 2.75) is 45.2 Å². The predicted molar refractivity (Wildman–Crippen MR) is 73.3 cm³/mol. The van der Waals surface area contributed by atoms with E-state index in [0.29, 0.717) is 12.1 Å². The molecule has 0 bridgehead atoms. The summed E-state index contributed by atoms with van der Waals surface area (Å²) in [5.41, 5.74) is 1.40. The number of methoxy groups -OCH3 is 1. The van der Waals surface area contributed by atoms with Crippen molar-refractivity contribution >= 4 is 0 Å². The molecular weight excluding hydrogens is 210 g/mol. The van der Waals surface area contributed by atoms with Crippen LogP contribution in [0, 0.1) is 0 Å². The van der Waals surface area contributed by atoms with Crippen LogP contribution in [0.4, 0.5) is 0 Å². The minimum Gasteiger partial charge on any atom is -0.383 e. The van der Waals surface area contributed by atoms with E-state index in [-0.39, 0.29) is 0 Å².